The fourth-order valence-corrected chi connectivity index (χ4v) is 3.37. The summed E-state index contributed by atoms with van der Waals surface area (Å²) in [4.78, 5) is 2.44. The molecule has 0 aromatic rings. The summed E-state index contributed by atoms with van der Waals surface area (Å²) >= 11 is 0. The maximum absolute atomic E-state index is 9.58. The number of likely N-dealkylation sites (tertiary alicyclic amines) is 1. The molecular formula is C13H25NO2. The molecule has 3 nitrogen and oxygen atoms in total. The number of rotatable bonds is 4. The molecule has 0 radical (unpaired) electrons. The highest BCUT2D eigenvalue weighted by Gasteiger charge is 2.37. The van der Waals surface area contributed by atoms with Crippen LogP contribution in [0.5, 0.6) is 0 Å². The smallest absolute Gasteiger partial charge is 0.0552 e. The molecule has 0 amide bonds. The highest BCUT2D eigenvalue weighted by atomic mass is 16.3. The van der Waals surface area contributed by atoms with Gasteiger partial charge < -0.3 is 15.1 Å². The van der Waals surface area contributed by atoms with E-state index in [1.807, 2.05) is 6.92 Å². The molecule has 2 aliphatic rings. The fraction of sp³-hybridized carbons (Fsp3) is 1.00. The highest BCUT2D eigenvalue weighted by molar-refractivity contribution is 4.90. The van der Waals surface area contributed by atoms with Crippen LogP contribution in [0.25, 0.3) is 0 Å². The molecule has 2 rings (SSSR count). The van der Waals surface area contributed by atoms with Gasteiger partial charge in [0.15, 0.2) is 0 Å². The summed E-state index contributed by atoms with van der Waals surface area (Å²) in [6.07, 6.45) is 5.83. The predicted octanol–water partition coefficient (Wildman–Crippen LogP) is 1.24. The Morgan fingerprint density at radius 1 is 1.38 bits per heavy atom. The molecule has 0 aromatic heterocycles. The fourth-order valence-electron chi connectivity index (χ4n) is 3.37. The van der Waals surface area contributed by atoms with Crippen molar-refractivity contribution in [3.63, 3.8) is 0 Å². The first kappa shape index (κ1) is 12.3. The molecule has 1 saturated heterocycles. The zero-order valence-electron chi connectivity index (χ0n) is 10.4. The Kier molecular flexibility index (Phi) is 3.88. The SMILES string of the molecule is CC(O)C1CCN(CC2(CO)CCCC2)C1. The molecule has 3 heteroatoms. The zero-order valence-corrected chi connectivity index (χ0v) is 10.4. The van der Waals surface area contributed by atoms with E-state index in [0.717, 1.165) is 26.1 Å². The van der Waals surface area contributed by atoms with Gasteiger partial charge in [-0.2, -0.15) is 0 Å². The molecule has 1 aliphatic carbocycles. The number of hydrogen-bond acceptors (Lipinski definition) is 3. The average molecular weight is 227 g/mol. The first-order chi connectivity index (χ1) is 7.65. The molecule has 2 unspecified atom stereocenters. The third kappa shape index (κ3) is 2.58. The van der Waals surface area contributed by atoms with Gasteiger partial charge >= 0.3 is 0 Å². The van der Waals surface area contributed by atoms with Gasteiger partial charge in [-0.15, -0.1) is 0 Å². The van der Waals surface area contributed by atoms with E-state index < -0.39 is 0 Å². The lowest BCUT2D eigenvalue weighted by Crippen LogP contribution is -2.38. The molecule has 0 aromatic carbocycles. The lowest BCUT2D eigenvalue weighted by Gasteiger charge is -2.31. The van der Waals surface area contributed by atoms with E-state index in [9.17, 15) is 10.2 Å². The lowest BCUT2D eigenvalue weighted by molar-refractivity contribution is 0.0790. The summed E-state index contributed by atoms with van der Waals surface area (Å²) < 4.78 is 0. The largest absolute Gasteiger partial charge is 0.396 e. The molecule has 0 spiro atoms. The quantitative estimate of drug-likeness (QED) is 0.759. The molecule has 16 heavy (non-hydrogen) atoms. The Bertz CT molecular complexity index is 224. The number of aliphatic hydroxyl groups excluding tert-OH is 2. The first-order valence-corrected chi connectivity index (χ1v) is 6.66. The molecule has 1 aliphatic heterocycles. The second-order valence-electron chi connectivity index (χ2n) is 5.89. The van der Waals surface area contributed by atoms with Gasteiger partial charge in [0.05, 0.1) is 6.10 Å². The summed E-state index contributed by atoms with van der Waals surface area (Å²) in [5.41, 5.74) is 0.174. The van der Waals surface area contributed by atoms with Crippen LogP contribution in [0.15, 0.2) is 0 Å². The predicted molar refractivity (Wildman–Crippen MR) is 64.2 cm³/mol. The molecule has 0 bridgehead atoms. The second-order valence-corrected chi connectivity index (χ2v) is 5.89. The van der Waals surface area contributed by atoms with Crippen LogP contribution in [0.2, 0.25) is 0 Å². The van der Waals surface area contributed by atoms with Gasteiger partial charge in [-0.05, 0) is 38.6 Å². The van der Waals surface area contributed by atoms with Gasteiger partial charge in [-0.25, -0.2) is 0 Å². The van der Waals surface area contributed by atoms with Crippen LogP contribution in [0.1, 0.15) is 39.0 Å². The average Bonchev–Trinajstić information content (AvgIpc) is 2.88. The maximum Gasteiger partial charge on any atom is 0.0552 e. The van der Waals surface area contributed by atoms with Crippen molar-refractivity contribution in [1.29, 1.82) is 0 Å². The molecule has 2 fully saturated rings. The van der Waals surface area contributed by atoms with E-state index >= 15 is 0 Å². The van der Waals surface area contributed by atoms with Crippen LogP contribution in [-0.2, 0) is 0 Å². The Morgan fingerprint density at radius 3 is 2.56 bits per heavy atom. The van der Waals surface area contributed by atoms with Crippen LogP contribution >= 0.6 is 0 Å². The van der Waals surface area contributed by atoms with Crippen molar-refractivity contribution in [1.82, 2.24) is 4.90 Å². The standard InChI is InChI=1S/C13H25NO2/c1-11(16)12-4-7-14(8-12)9-13(10-15)5-2-3-6-13/h11-12,15-16H,2-10H2,1H3. The second kappa shape index (κ2) is 5.03. The Hall–Kier alpha value is -0.120. The van der Waals surface area contributed by atoms with E-state index in [4.69, 9.17) is 0 Å². The van der Waals surface area contributed by atoms with Crippen molar-refractivity contribution in [3.8, 4) is 0 Å². The Morgan fingerprint density at radius 2 is 2.06 bits per heavy atom. The molecule has 2 atom stereocenters. The lowest BCUT2D eigenvalue weighted by atomic mass is 9.86. The monoisotopic (exact) mass is 227 g/mol. The van der Waals surface area contributed by atoms with E-state index in [2.05, 4.69) is 4.90 Å². The van der Waals surface area contributed by atoms with Crippen LogP contribution < -0.4 is 0 Å². The molecular weight excluding hydrogens is 202 g/mol. The van der Waals surface area contributed by atoms with Crippen LogP contribution in [0, 0.1) is 11.3 Å². The van der Waals surface area contributed by atoms with Crippen molar-refractivity contribution in [3.05, 3.63) is 0 Å². The van der Waals surface area contributed by atoms with Crippen molar-refractivity contribution in [2.45, 2.75) is 45.1 Å². The summed E-state index contributed by atoms with van der Waals surface area (Å²) in [7, 11) is 0. The van der Waals surface area contributed by atoms with E-state index in [1.54, 1.807) is 0 Å². The van der Waals surface area contributed by atoms with Gasteiger partial charge in [0.1, 0.15) is 0 Å². The van der Waals surface area contributed by atoms with Gasteiger partial charge in [0, 0.05) is 25.1 Å². The molecule has 1 heterocycles. The minimum Gasteiger partial charge on any atom is -0.396 e. The van der Waals surface area contributed by atoms with Gasteiger partial charge in [-0.3, -0.25) is 0 Å². The zero-order chi connectivity index (χ0) is 11.6. The van der Waals surface area contributed by atoms with Crippen LogP contribution in [0.4, 0.5) is 0 Å². The van der Waals surface area contributed by atoms with Crippen molar-refractivity contribution in [2.75, 3.05) is 26.2 Å². The maximum atomic E-state index is 9.58. The summed E-state index contributed by atoms with van der Waals surface area (Å²) in [5.74, 6) is 0.442. The molecule has 1 saturated carbocycles. The van der Waals surface area contributed by atoms with Crippen molar-refractivity contribution in [2.24, 2.45) is 11.3 Å². The van der Waals surface area contributed by atoms with Crippen LogP contribution in [-0.4, -0.2) is 47.5 Å². The third-order valence-corrected chi connectivity index (χ3v) is 4.55. The normalized spacial score (nSPS) is 32.1. The van der Waals surface area contributed by atoms with Crippen molar-refractivity contribution < 1.29 is 10.2 Å². The van der Waals surface area contributed by atoms with Gasteiger partial charge in [-0.1, -0.05) is 12.8 Å². The van der Waals surface area contributed by atoms with E-state index in [1.165, 1.54) is 25.7 Å². The van der Waals surface area contributed by atoms with E-state index in [0.29, 0.717) is 12.5 Å². The van der Waals surface area contributed by atoms with Gasteiger partial charge in [0.2, 0.25) is 0 Å². The van der Waals surface area contributed by atoms with E-state index in [-0.39, 0.29) is 11.5 Å². The summed E-state index contributed by atoms with van der Waals surface area (Å²) in [6, 6.07) is 0. The number of aliphatic hydroxyl groups is 2. The topological polar surface area (TPSA) is 43.7 Å². The highest BCUT2D eigenvalue weighted by Crippen LogP contribution is 2.39. The minimum atomic E-state index is -0.182. The third-order valence-electron chi connectivity index (χ3n) is 4.55. The molecule has 2 N–H and O–H groups in total. The minimum absolute atomic E-state index is 0.174. The van der Waals surface area contributed by atoms with Gasteiger partial charge in [0.25, 0.3) is 0 Å². The molecule has 94 valence electrons. The number of hydrogen-bond donors (Lipinski definition) is 2. The van der Waals surface area contributed by atoms with Crippen LogP contribution in [0.3, 0.4) is 0 Å². The summed E-state index contributed by atoms with van der Waals surface area (Å²) in [6.45, 7) is 5.37. The Labute approximate surface area is 98.5 Å². The number of nitrogens with zero attached hydrogens (tertiary/aromatic N) is 1. The summed E-state index contributed by atoms with van der Waals surface area (Å²) in [5, 5.41) is 19.2. The first-order valence-electron chi connectivity index (χ1n) is 6.66. The van der Waals surface area contributed by atoms with Crippen molar-refractivity contribution >= 4 is 0 Å². The Balaban J connectivity index is 1.86.